The Kier molecular flexibility index (Phi) is 4.64. The zero-order valence-corrected chi connectivity index (χ0v) is 11.3. The van der Waals surface area contributed by atoms with Crippen LogP contribution in [0.1, 0.15) is 19.4 Å². The Labute approximate surface area is 115 Å². The maximum absolute atomic E-state index is 8.56. The van der Waals surface area contributed by atoms with E-state index in [4.69, 9.17) is 9.68 Å². The van der Waals surface area contributed by atoms with E-state index in [0.29, 0.717) is 19.4 Å². The average molecular weight is 253 g/mol. The van der Waals surface area contributed by atoms with E-state index in [2.05, 4.69) is 38.1 Å². The second kappa shape index (κ2) is 6.44. The lowest BCUT2D eigenvalue weighted by Gasteiger charge is -2.07. The van der Waals surface area contributed by atoms with Crippen molar-refractivity contribution in [3.8, 4) is 16.9 Å². The predicted molar refractivity (Wildman–Crippen MR) is 79.0 cm³/mol. The van der Waals surface area contributed by atoms with Crippen molar-refractivity contribution in [2.75, 3.05) is 0 Å². The van der Waals surface area contributed by atoms with Gasteiger partial charge in [-0.3, -0.25) is 0 Å². The van der Waals surface area contributed by atoms with Crippen molar-refractivity contribution in [2.24, 2.45) is 5.92 Å². The number of hydrogen-bond donors (Lipinski definition) is 1. The Balaban J connectivity index is 2.13. The molecule has 19 heavy (non-hydrogen) atoms. The van der Waals surface area contributed by atoms with E-state index >= 15 is 0 Å². The molecule has 97 valence electrons. The van der Waals surface area contributed by atoms with Crippen LogP contribution in [0, 0.1) is 5.92 Å². The molecule has 2 rings (SSSR count). The molecule has 0 aromatic heterocycles. The van der Waals surface area contributed by atoms with Crippen LogP contribution in [-0.4, -0.2) is 12.7 Å². The van der Waals surface area contributed by atoms with Gasteiger partial charge in [-0.1, -0.05) is 50.2 Å². The van der Waals surface area contributed by atoms with E-state index in [-0.39, 0.29) is 0 Å². The van der Waals surface area contributed by atoms with Gasteiger partial charge in [-0.2, -0.15) is 0 Å². The second-order valence-corrected chi connectivity index (χ2v) is 5.04. The third-order valence-electron chi connectivity index (χ3n) is 2.97. The van der Waals surface area contributed by atoms with Gasteiger partial charge < -0.3 is 9.68 Å². The van der Waals surface area contributed by atoms with Gasteiger partial charge in [-0.25, -0.2) is 0 Å². The highest BCUT2D eigenvalue weighted by atomic mass is 16.5. The molecule has 0 saturated heterocycles. The van der Waals surface area contributed by atoms with Crippen LogP contribution in [0.2, 0.25) is 0 Å². The molecule has 0 fully saturated rings. The van der Waals surface area contributed by atoms with Gasteiger partial charge in [0.2, 0.25) is 0 Å². The van der Waals surface area contributed by atoms with Crippen LogP contribution in [0.5, 0.6) is 5.75 Å². The quantitative estimate of drug-likeness (QED) is 0.827. The van der Waals surface area contributed by atoms with Gasteiger partial charge in [0.25, 0.3) is 0 Å². The summed E-state index contributed by atoms with van der Waals surface area (Å²) in [5, 5.41) is 8.56. The van der Waals surface area contributed by atoms with Gasteiger partial charge in [0.05, 0.1) is 0 Å². The normalized spacial score (nSPS) is 10.5. The van der Waals surface area contributed by atoms with E-state index in [1.54, 1.807) is 0 Å². The van der Waals surface area contributed by atoms with Gasteiger partial charge >= 0.3 is 7.69 Å². The largest absolute Gasteiger partial charge is 0.569 e. The van der Waals surface area contributed by atoms with Crippen molar-refractivity contribution in [3.05, 3.63) is 54.1 Å². The van der Waals surface area contributed by atoms with E-state index in [1.807, 2.05) is 24.3 Å². The third-order valence-corrected chi connectivity index (χ3v) is 2.97. The van der Waals surface area contributed by atoms with Crippen LogP contribution in [0.15, 0.2) is 48.5 Å². The minimum absolute atomic E-state index is 0.627. The topological polar surface area (TPSA) is 29.5 Å². The summed E-state index contributed by atoms with van der Waals surface area (Å²) >= 11 is 0. The summed E-state index contributed by atoms with van der Waals surface area (Å²) in [5.74, 6) is 1.31. The molecule has 1 radical (unpaired) electrons. The fourth-order valence-corrected chi connectivity index (χ4v) is 2.09. The molecule has 0 amide bonds. The lowest BCUT2D eigenvalue weighted by atomic mass is 9.99. The van der Waals surface area contributed by atoms with Crippen LogP contribution in [-0.2, 0) is 6.42 Å². The van der Waals surface area contributed by atoms with Gasteiger partial charge in [-0.05, 0) is 41.2 Å². The minimum atomic E-state index is 0.627. The maximum Gasteiger partial charge on any atom is 0.569 e. The summed E-state index contributed by atoms with van der Waals surface area (Å²) in [4.78, 5) is 0. The van der Waals surface area contributed by atoms with E-state index in [9.17, 15) is 0 Å². The highest BCUT2D eigenvalue weighted by Crippen LogP contribution is 2.23. The maximum atomic E-state index is 8.56. The summed E-state index contributed by atoms with van der Waals surface area (Å²) in [6, 6.07) is 16.3. The first-order chi connectivity index (χ1) is 9.19. The van der Waals surface area contributed by atoms with Crippen LogP contribution in [0.4, 0.5) is 0 Å². The summed E-state index contributed by atoms with van der Waals surface area (Å²) in [7, 11) is 0.690. The molecule has 0 bridgehead atoms. The zero-order chi connectivity index (χ0) is 13.7. The number of rotatable bonds is 5. The van der Waals surface area contributed by atoms with Crippen LogP contribution >= 0.6 is 0 Å². The summed E-state index contributed by atoms with van der Waals surface area (Å²) in [6.45, 7) is 4.45. The highest BCUT2D eigenvalue weighted by Gasteiger charge is 2.01. The zero-order valence-electron chi connectivity index (χ0n) is 11.3. The molecule has 0 aliphatic heterocycles. The highest BCUT2D eigenvalue weighted by molar-refractivity contribution is 6.17. The molecule has 2 nitrogen and oxygen atoms in total. The SMILES string of the molecule is CC(C)Cc1ccc(-c2ccc(O[B]O)cc2)cc1. The molecule has 3 heteroatoms. The van der Waals surface area contributed by atoms with Crippen molar-refractivity contribution in [2.45, 2.75) is 20.3 Å². The molecule has 2 aromatic carbocycles. The van der Waals surface area contributed by atoms with Crippen molar-refractivity contribution in [1.29, 1.82) is 0 Å². The summed E-state index contributed by atoms with van der Waals surface area (Å²) in [5.41, 5.74) is 3.70. The first-order valence-electron chi connectivity index (χ1n) is 6.51. The molecule has 0 atom stereocenters. The molecule has 0 saturated carbocycles. The van der Waals surface area contributed by atoms with Crippen LogP contribution in [0.25, 0.3) is 11.1 Å². The number of benzene rings is 2. The first kappa shape index (κ1) is 13.7. The Bertz CT molecular complexity index is 503. The molecule has 0 heterocycles. The lowest BCUT2D eigenvalue weighted by molar-refractivity contribution is 0.454. The van der Waals surface area contributed by atoms with Crippen molar-refractivity contribution in [1.82, 2.24) is 0 Å². The lowest BCUT2D eigenvalue weighted by Crippen LogP contribution is -1.99. The molecular weight excluding hydrogens is 235 g/mol. The minimum Gasteiger partial charge on any atom is -0.537 e. The standard InChI is InChI=1S/C16H18BO2/c1-12(2)11-13-3-5-14(6-4-13)15-7-9-16(10-8-15)19-17-18/h3-10,12,18H,11H2,1-2H3. The van der Waals surface area contributed by atoms with E-state index < -0.39 is 0 Å². The smallest absolute Gasteiger partial charge is 0.537 e. The Morgan fingerprint density at radius 1 is 0.947 bits per heavy atom. The van der Waals surface area contributed by atoms with E-state index in [1.165, 1.54) is 11.1 Å². The van der Waals surface area contributed by atoms with Gasteiger partial charge in [0.1, 0.15) is 5.75 Å². The van der Waals surface area contributed by atoms with Crippen LogP contribution < -0.4 is 4.65 Å². The van der Waals surface area contributed by atoms with Gasteiger partial charge in [0.15, 0.2) is 0 Å². The molecular formula is C16H18BO2. The molecule has 0 spiro atoms. The summed E-state index contributed by atoms with van der Waals surface area (Å²) in [6.07, 6.45) is 1.11. The van der Waals surface area contributed by atoms with Gasteiger partial charge in [0, 0.05) is 0 Å². The predicted octanol–water partition coefficient (Wildman–Crippen LogP) is 3.46. The van der Waals surface area contributed by atoms with Crippen molar-refractivity contribution < 1.29 is 9.68 Å². The van der Waals surface area contributed by atoms with E-state index in [0.717, 1.165) is 12.0 Å². The molecule has 0 aliphatic rings. The number of hydrogen-bond acceptors (Lipinski definition) is 2. The average Bonchev–Trinajstić information content (AvgIpc) is 2.40. The third kappa shape index (κ3) is 3.86. The molecule has 1 N–H and O–H groups in total. The Morgan fingerprint density at radius 3 is 1.95 bits per heavy atom. The van der Waals surface area contributed by atoms with Gasteiger partial charge in [-0.15, -0.1) is 0 Å². The van der Waals surface area contributed by atoms with Crippen molar-refractivity contribution in [3.63, 3.8) is 0 Å². The fourth-order valence-electron chi connectivity index (χ4n) is 2.09. The Hall–Kier alpha value is -1.74. The molecule has 2 aromatic rings. The Morgan fingerprint density at radius 2 is 1.47 bits per heavy atom. The fraction of sp³-hybridized carbons (Fsp3) is 0.250. The molecule has 0 unspecified atom stereocenters. The van der Waals surface area contributed by atoms with Crippen LogP contribution in [0.3, 0.4) is 0 Å². The second-order valence-electron chi connectivity index (χ2n) is 5.04. The summed E-state index contributed by atoms with van der Waals surface area (Å²) < 4.78 is 4.89. The molecule has 0 aliphatic carbocycles. The first-order valence-corrected chi connectivity index (χ1v) is 6.51. The van der Waals surface area contributed by atoms with Crippen molar-refractivity contribution >= 4 is 7.69 Å². The monoisotopic (exact) mass is 253 g/mol.